The molecule has 9 heteroatoms. The van der Waals surface area contributed by atoms with Crippen LogP contribution in [-0.4, -0.2) is 48.1 Å². The lowest BCUT2D eigenvalue weighted by molar-refractivity contribution is -0.130. The Labute approximate surface area is 192 Å². The van der Waals surface area contributed by atoms with Crippen LogP contribution in [0, 0.1) is 11.3 Å². The van der Waals surface area contributed by atoms with E-state index in [1.54, 1.807) is 12.1 Å². The van der Waals surface area contributed by atoms with Gasteiger partial charge in [0.15, 0.2) is 0 Å². The van der Waals surface area contributed by atoms with Crippen LogP contribution in [0.1, 0.15) is 18.1 Å². The number of nitriles is 1. The van der Waals surface area contributed by atoms with Crippen molar-refractivity contribution in [3.05, 3.63) is 71.8 Å². The summed E-state index contributed by atoms with van der Waals surface area (Å²) in [5, 5.41) is 26.1. The zero-order valence-electron chi connectivity index (χ0n) is 18.2. The Morgan fingerprint density at radius 1 is 1.09 bits per heavy atom. The minimum atomic E-state index is -0.978. The lowest BCUT2D eigenvalue weighted by Gasteiger charge is -2.19. The summed E-state index contributed by atoms with van der Waals surface area (Å²) in [6.45, 7) is 1.35. The van der Waals surface area contributed by atoms with Crippen LogP contribution >= 0.6 is 0 Å². The molecule has 0 aliphatic heterocycles. The molecule has 2 aromatic carbocycles. The van der Waals surface area contributed by atoms with Gasteiger partial charge in [-0.1, -0.05) is 42.5 Å². The van der Waals surface area contributed by atoms with Gasteiger partial charge in [0.1, 0.15) is 17.8 Å². The molecule has 2 atom stereocenters. The van der Waals surface area contributed by atoms with Crippen LogP contribution in [-0.2, 0) is 25.7 Å². The average molecular weight is 450 g/mol. The highest BCUT2D eigenvalue weighted by atomic mass is 16.5. The van der Waals surface area contributed by atoms with E-state index >= 15 is 0 Å². The minimum absolute atomic E-state index is 0.0563. The summed E-state index contributed by atoms with van der Waals surface area (Å²) in [4.78, 5) is 36.0. The molecule has 9 nitrogen and oxygen atoms in total. The maximum atomic E-state index is 12.5. The van der Waals surface area contributed by atoms with Gasteiger partial charge in [-0.2, -0.15) is 5.26 Å². The number of nitrogens with zero attached hydrogens (tertiary/aromatic N) is 1. The number of phenolic OH excluding ortho intramolecular Hbond substituents is 1. The van der Waals surface area contributed by atoms with Gasteiger partial charge in [-0.3, -0.25) is 14.4 Å². The third-order valence-corrected chi connectivity index (χ3v) is 4.36. The van der Waals surface area contributed by atoms with Crippen LogP contribution in [0.25, 0.3) is 6.08 Å². The molecule has 33 heavy (non-hydrogen) atoms. The van der Waals surface area contributed by atoms with E-state index < -0.39 is 29.8 Å². The number of ether oxygens (including phenoxy) is 1. The summed E-state index contributed by atoms with van der Waals surface area (Å²) in [6, 6.07) is 15.6. The number of hydrogen-bond donors (Lipinski definition) is 4. The minimum Gasteiger partial charge on any atom is -0.508 e. The van der Waals surface area contributed by atoms with E-state index in [2.05, 4.69) is 16.0 Å². The maximum absolute atomic E-state index is 12.5. The highest BCUT2D eigenvalue weighted by Gasteiger charge is 2.21. The first kappa shape index (κ1) is 25.1. The number of nitrogens with one attached hydrogen (secondary N) is 3. The Hall–Kier alpha value is -4.16. The fourth-order valence-corrected chi connectivity index (χ4v) is 2.73. The third-order valence-electron chi connectivity index (χ3n) is 4.36. The average Bonchev–Trinajstić information content (AvgIpc) is 2.81. The zero-order chi connectivity index (χ0) is 24.1. The predicted molar refractivity (Wildman–Crippen MR) is 121 cm³/mol. The molecule has 2 rings (SSSR count). The number of carbonyl (C=O) groups is 3. The van der Waals surface area contributed by atoms with Crippen molar-refractivity contribution in [3.8, 4) is 11.8 Å². The van der Waals surface area contributed by atoms with Gasteiger partial charge in [-0.25, -0.2) is 0 Å². The molecule has 3 amide bonds. The molecule has 0 aliphatic carbocycles. The molecule has 0 saturated carbocycles. The van der Waals surface area contributed by atoms with Crippen LogP contribution in [0.5, 0.6) is 5.75 Å². The third kappa shape index (κ3) is 9.67. The molecular formula is C24H26N4O5. The number of carbonyl (C=O) groups excluding carboxylic acids is 3. The fraction of sp³-hybridized carbons (Fsp3) is 0.250. The molecule has 2 aromatic rings. The van der Waals surface area contributed by atoms with Gasteiger partial charge in [0, 0.05) is 13.0 Å². The molecule has 0 radical (unpaired) electrons. The SMILES string of the molecule is CC(=O)N[C@H](COCc1ccccc1)C(=O)NCC(C#N)NC(=O)/C=C/c1ccc(O)cc1. The smallest absolute Gasteiger partial charge is 0.245 e. The molecule has 0 aliphatic rings. The fourth-order valence-electron chi connectivity index (χ4n) is 2.73. The molecule has 0 spiro atoms. The molecule has 0 heterocycles. The van der Waals surface area contributed by atoms with Gasteiger partial charge >= 0.3 is 0 Å². The second kappa shape index (κ2) is 13.3. The van der Waals surface area contributed by atoms with Crippen LogP contribution in [0.3, 0.4) is 0 Å². The highest BCUT2D eigenvalue weighted by molar-refractivity contribution is 5.92. The van der Waals surface area contributed by atoms with Crippen LogP contribution in [0.4, 0.5) is 0 Å². The molecule has 0 saturated heterocycles. The Bertz CT molecular complexity index is 1000. The monoisotopic (exact) mass is 450 g/mol. The first-order chi connectivity index (χ1) is 15.9. The van der Waals surface area contributed by atoms with Gasteiger partial charge in [0.25, 0.3) is 0 Å². The number of amides is 3. The standard InChI is InChI=1S/C24H26N4O5/c1-17(29)27-22(16-33-15-19-5-3-2-4-6-19)24(32)26-14-20(13-25)28-23(31)12-9-18-7-10-21(30)11-8-18/h2-12,20,22,30H,14-16H2,1H3,(H,26,32)(H,27,29)(H,28,31)/b12-9+/t20?,22-/m1/s1. The summed E-state index contributed by atoms with van der Waals surface area (Å²) >= 11 is 0. The summed E-state index contributed by atoms with van der Waals surface area (Å²) in [7, 11) is 0. The van der Waals surface area contributed by atoms with Gasteiger partial charge in [0.05, 0.1) is 25.8 Å². The maximum Gasteiger partial charge on any atom is 0.245 e. The molecule has 4 N–H and O–H groups in total. The number of benzene rings is 2. The van der Waals surface area contributed by atoms with Crippen LogP contribution < -0.4 is 16.0 Å². The number of phenols is 1. The highest BCUT2D eigenvalue weighted by Crippen LogP contribution is 2.10. The summed E-state index contributed by atoms with van der Waals surface area (Å²) in [5.74, 6) is -1.34. The Morgan fingerprint density at radius 2 is 1.79 bits per heavy atom. The van der Waals surface area contributed by atoms with Crippen molar-refractivity contribution in [2.45, 2.75) is 25.6 Å². The first-order valence-electron chi connectivity index (χ1n) is 10.2. The van der Waals surface area contributed by atoms with Gasteiger partial charge in [-0.05, 0) is 29.3 Å². The van der Waals surface area contributed by atoms with E-state index in [1.807, 2.05) is 36.4 Å². The molecule has 0 bridgehead atoms. The summed E-state index contributed by atoms with van der Waals surface area (Å²) in [6.07, 6.45) is 2.77. The Kier molecular flexibility index (Phi) is 10.1. The molecule has 1 unspecified atom stereocenters. The van der Waals surface area contributed by atoms with Crippen molar-refractivity contribution >= 4 is 23.8 Å². The van der Waals surface area contributed by atoms with E-state index in [4.69, 9.17) is 4.74 Å². The lowest BCUT2D eigenvalue weighted by atomic mass is 10.2. The quantitative estimate of drug-likeness (QED) is 0.380. The summed E-state index contributed by atoms with van der Waals surface area (Å²) < 4.78 is 5.55. The van der Waals surface area contributed by atoms with Crippen molar-refractivity contribution in [3.63, 3.8) is 0 Å². The van der Waals surface area contributed by atoms with Crippen molar-refractivity contribution < 1.29 is 24.2 Å². The second-order valence-electron chi connectivity index (χ2n) is 7.11. The Morgan fingerprint density at radius 3 is 2.42 bits per heavy atom. The summed E-state index contributed by atoms with van der Waals surface area (Å²) in [5.41, 5.74) is 1.62. The van der Waals surface area contributed by atoms with E-state index in [0.29, 0.717) is 5.56 Å². The molecular weight excluding hydrogens is 424 g/mol. The normalized spacial score (nSPS) is 12.4. The van der Waals surface area contributed by atoms with E-state index in [9.17, 15) is 24.8 Å². The van der Waals surface area contributed by atoms with Crippen molar-refractivity contribution in [1.29, 1.82) is 5.26 Å². The van der Waals surface area contributed by atoms with E-state index in [1.165, 1.54) is 31.2 Å². The van der Waals surface area contributed by atoms with Crippen LogP contribution in [0.15, 0.2) is 60.7 Å². The van der Waals surface area contributed by atoms with Crippen LogP contribution in [0.2, 0.25) is 0 Å². The number of aromatic hydroxyl groups is 1. The largest absolute Gasteiger partial charge is 0.508 e. The van der Waals surface area contributed by atoms with Gasteiger partial charge in [-0.15, -0.1) is 0 Å². The molecule has 0 fully saturated rings. The molecule has 0 aromatic heterocycles. The van der Waals surface area contributed by atoms with E-state index in [-0.39, 0.29) is 25.5 Å². The second-order valence-corrected chi connectivity index (χ2v) is 7.11. The Balaban J connectivity index is 1.83. The number of hydrogen-bond acceptors (Lipinski definition) is 6. The lowest BCUT2D eigenvalue weighted by Crippen LogP contribution is -2.51. The zero-order valence-corrected chi connectivity index (χ0v) is 18.2. The molecule has 172 valence electrons. The van der Waals surface area contributed by atoms with Gasteiger partial charge in [0.2, 0.25) is 17.7 Å². The van der Waals surface area contributed by atoms with Crippen molar-refractivity contribution in [2.24, 2.45) is 0 Å². The van der Waals surface area contributed by atoms with Crippen molar-refractivity contribution in [2.75, 3.05) is 13.2 Å². The van der Waals surface area contributed by atoms with Crippen molar-refractivity contribution in [1.82, 2.24) is 16.0 Å². The topological polar surface area (TPSA) is 141 Å². The predicted octanol–water partition coefficient (Wildman–Crippen LogP) is 1.25. The van der Waals surface area contributed by atoms with Gasteiger partial charge < -0.3 is 25.8 Å². The number of rotatable bonds is 11. The first-order valence-corrected chi connectivity index (χ1v) is 10.2. The van der Waals surface area contributed by atoms with E-state index in [0.717, 1.165) is 5.56 Å².